The summed E-state index contributed by atoms with van der Waals surface area (Å²) in [6.07, 6.45) is 0. The van der Waals surface area contributed by atoms with Crippen LogP contribution in [0.25, 0.3) is 0 Å². The number of aryl methyl sites for hydroxylation is 1. The summed E-state index contributed by atoms with van der Waals surface area (Å²) < 4.78 is 28.5. The largest absolute Gasteiger partial charge is 0.378 e. The first kappa shape index (κ1) is 14.8. The minimum absolute atomic E-state index is 0.0206. The maximum Gasteiger partial charge on any atom is 0.281 e. The summed E-state index contributed by atoms with van der Waals surface area (Å²) in [6, 6.07) is 7.10. The van der Waals surface area contributed by atoms with Gasteiger partial charge in [0.15, 0.2) is 4.60 Å². The van der Waals surface area contributed by atoms with E-state index in [-0.39, 0.29) is 9.63 Å². The number of hydrogen-bond donors (Lipinski definition) is 1. The molecular weight excluding hydrogens is 346 g/mol. The number of hydrogen-bond acceptors (Lipinski definition) is 5. The highest BCUT2D eigenvalue weighted by atomic mass is 79.9. The lowest BCUT2D eigenvalue weighted by Gasteiger charge is -2.14. The molecule has 1 aromatic carbocycles. The number of anilines is 2. The number of rotatable bonds is 4. The van der Waals surface area contributed by atoms with Crippen LogP contribution in [-0.2, 0) is 17.1 Å². The molecule has 0 aliphatic rings. The third kappa shape index (κ3) is 2.93. The lowest BCUT2D eigenvalue weighted by molar-refractivity contribution is 0.578. The first-order chi connectivity index (χ1) is 9.31. The molecule has 1 aromatic heterocycles. The van der Waals surface area contributed by atoms with Crippen molar-refractivity contribution in [1.82, 2.24) is 15.0 Å². The van der Waals surface area contributed by atoms with Gasteiger partial charge in [0.1, 0.15) is 0 Å². The van der Waals surface area contributed by atoms with Crippen molar-refractivity contribution < 1.29 is 8.42 Å². The third-order valence-electron chi connectivity index (χ3n) is 2.61. The van der Waals surface area contributed by atoms with E-state index in [0.717, 1.165) is 5.69 Å². The van der Waals surface area contributed by atoms with Crippen LogP contribution in [0.5, 0.6) is 0 Å². The van der Waals surface area contributed by atoms with E-state index in [0.29, 0.717) is 5.69 Å². The quantitative estimate of drug-likeness (QED) is 0.893. The topological polar surface area (TPSA) is 80.1 Å². The monoisotopic (exact) mass is 359 g/mol. The van der Waals surface area contributed by atoms with Crippen LogP contribution in [0, 0.1) is 0 Å². The van der Waals surface area contributed by atoms with Gasteiger partial charge in [0.05, 0.1) is 5.69 Å². The van der Waals surface area contributed by atoms with E-state index >= 15 is 0 Å². The molecule has 0 unspecified atom stereocenters. The molecule has 2 aromatic rings. The van der Waals surface area contributed by atoms with Crippen LogP contribution in [0.1, 0.15) is 0 Å². The lowest BCUT2D eigenvalue weighted by Crippen LogP contribution is -2.17. The van der Waals surface area contributed by atoms with Gasteiger partial charge in [-0.3, -0.25) is 4.72 Å². The Balaban J connectivity index is 2.36. The SMILES string of the molecule is CN(C)c1cccc(NS(=O)(=O)c2c(Br)nnn2C)c1. The van der Waals surface area contributed by atoms with E-state index in [4.69, 9.17) is 0 Å². The molecule has 20 heavy (non-hydrogen) atoms. The van der Waals surface area contributed by atoms with Crippen LogP contribution in [0.4, 0.5) is 11.4 Å². The molecule has 0 atom stereocenters. The van der Waals surface area contributed by atoms with Crippen molar-refractivity contribution in [2.75, 3.05) is 23.7 Å². The molecule has 7 nitrogen and oxygen atoms in total. The van der Waals surface area contributed by atoms with Crippen molar-refractivity contribution in [3.05, 3.63) is 28.9 Å². The normalized spacial score (nSPS) is 11.4. The number of nitrogens with zero attached hydrogens (tertiary/aromatic N) is 4. The summed E-state index contributed by atoms with van der Waals surface area (Å²) >= 11 is 3.08. The second-order valence-electron chi connectivity index (χ2n) is 4.36. The first-order valence-electron chi connectivity index (χ1n) is 5.66. The van der Waals surface area contributed by atoms with Gasteiger partial charge in [-0.1, -0.05) is 11.3 Å². The number of halogens is 1. The molecule has 0 saturated heterocycles. The van der Waals surface area contributed by atoms with Gasteiger partial charge in [-0.2, -0.15) is 8.42 Å². The van der Waals surface area contributed by atoms with Crippen LogP contribution in [-0.4, -0.2) is 37.5 Å². The van der Waals surface area contributed by atoms with Crippen LogP contribution in [0.2, 0.25) is 0 Å². The van der Waals surface area contributed by atoms with Gasteiger partial charge >= 0.3 is 0 Å². The number of sulfonamides is 1. The zero-order valence-electron chi connectivity index (χ0n) is 11.2. The Kier molecular flexibility index (Phi) is 4.00. The van der Waals surface area contributed by atoms with Gasteiger partial charge in [-0.25, -0.2) is 4.68 Å². The van der Waals surface area contributed by atoms with Gasteiger partial charge in [0.2, 0.25) is 5.03 Å². The van der Waals surface area contributed by atoms with E-state index in [9.17, 15) is 8.42 Å². The summed E-state index contributed by atoms with van der Waals surface area (Å²) in [4.78, 5) is 1.89. The minimum atomic E-state index is -3.75. The second-order valence-corrected chi connectivity index (χ2v) is 6.71. The van der Waals surface area contributed by atoms with Gasteiger partial charge in [-0.15, -0.1) is 5.10 Å². The molecule has 0 fully saturated rings. The Morgan fingerprint density at radius 2 is 2.05 bits per heavy atom. The van der Waals surface area contributed by atoms with Gasteiger partial charge in [0, 0.05) is 26.8 Å². The molecule has 1 heterocycles. The Morgan fingerprint density at radius 3 is 2.60 bits per heavy atom. The highest BCUT2D eigenvalue weighted by Gasteiger charge is 2.24. The fourth-order valence-corrected chi connectivity index (χ4v) is 3.81. The molecule has 0 aliphatic carbocycles. The average molecular weight is 360 g/mol. The number of nitrogens with one attached hydrogen (secondary N) is 1. The van der Waals surface area contributed by atoms with E-state index in [1.54, 1.807) is 18.2 Å². The van der Waals surface area contributed by atoms with E-state index in [2.05, 4.69) is 31.0 Å². The molecule has 0 bridgehead atoms. The molecule has 1 N–H and O–H groups in total. The van der Waals surface area contributed by atoms with Crippen LogP contribution in [0.15, 0.2) is 33.9 Å². The molecule has 2 rings (SSSR count). The Hall–Kier alpha value is -1.61. The summed E-state index contributed by atoms with van der Waals surface area (Å²) in [5, 5.41) is 7.31. The first-order valence-corrected chi connectivity index (χ1v) is 7.94. The van der Waals surface area contributed by atoms with Crippen molar-refractivity contribution in [2.45, 2.75) is 5.03 Å². The Labute approximate surface area is 125 Å². The highest BCUT2D eigenvalue weighted by Crippen LogP contribution is 2.23. The van der Waals surface area contributed by atoms with E-state index in [1.807, 2.05) is 25.1 Å². The van der Waals surface area contributed by atoms with Gasteiger partial charge in [-0.05, 0) is 34.1 Å². The van der Waals surface area contributed by atoms with Crippen LogP contribution >= 0.6 is 15.9 Å². The lowest BCUT2D eigenvalue weighted by atomic mass is 10.3. The van der Waals surface area contributed by atoms with E-state index in [1.165, 1.54) is 11.7 Å². The van der Waals surface area contributed by atoms with Gasteiger partial charge < -0.3 is 4.90 Å². The maximum absolute atomic E-state index is 12.3. The van der Waals surface area contributed by atoms with Crippen LogP contribution in [0.3, 0.4) is 0 Å². The molecule has 108 valence electrons. The van der Waals surface area contributed by atoms with Crippen molar-refractivity contribution in [2.24, 2.45) is 7.05 Å². The Bertz CT molecular complexity index is 707. The highest BCUT2D eigenvalue weighted by molar-refractivity contribution is 9.10. The van der Waals surface area contributed by atoms with Crippen molar-refractivity contribution in [3.63, 3.8) is 0 Å². The maximum atomic E-state index is 12.3. The van der Waals surface area contributed by atoms with Gasteiger partial charge in [0.25, 0.3) is 10.0 Å². The molecule has 9 heteroatoms. The smallest absolute Gasteiger partial charge is 0.281 e. The predicted octanol–water partition coefficient (Wildman–Crippen LogP) is 1.44. The van der Waals surface area contributed by atoms with Crippen molar-refractivity contribution in [3.8, 4) is 0 Å². The standard InChI is InChI=1S/C11H14BrN5O2S/c1-16(2)9-6-4-5-8(7-9)14-20(18,19)11-10(12)13-15-17(11)3/h4-7,14H,1-3H3. The zero-order chi connectivity index (χ0) is 14.9. The average Bonchev–Trinajstić information content (AvgIpc) is 2.69. The number of benzene rings is 1. The molecule has 0 amide bonds. The summed E-state index contributed by atoms with van der Waals surface area (Å²) in [7, 11) is 1.53. The second kappa shape index (κ2) is 5.41. The zero-order valence-corrected chi connectivity index (χ0v) is 13.6. The molecule has 0 radical (unpaired) electrons. The van der Waals surface area contributed by atoms with E-state index < -0.39 is 10.0 Å². The fraction of sp³-hybridized carbons (Fsp3) is 0.273. The van der Waals surface area contributed by atoms with Crippen LogP contribution < -0.4 is 9.62 Å². The third-order valence-corrected chi connectivity index (χ3v) is 4.87. The summed E-state index contributed by atoms with van der Waals surface area (Å²) in [6.45, 7) is 0. The summed E-state index contributed by atoms with van der Waals surface area (Å²) in [5.41, 5.74) is 1.37. The summed E-state index contributed by atoms with van der Waals surface area (Å²) in [5.74, 6) is 0. The molecule has 0 saturated carbocycles. The van der Waals surface area contributed by atoms with Crippen molar-refractivity contribution in [1.29, 1.82) is 0 Å². The molecule has 0 spiro atoms. The number of aromatic nitrogens is 3. The predicted molar refractivity (Wildman–Crippen MR) is 80.3 cm³/mol. The molecule has 0 aliphatic heterocycles. The fourth-order valence-electron chi connectivity index (χ4n) is 1.66. The van der Waals surface area contributed by atoms with Crippen molar-refractivity contribution >= 4 is 37.3 Å². The minimum Gasteiger partial charge on any atom is -0.378 e. The molecular formula is C11H14BrN5O2S. The Morgan fingerprint density at radius 1 is 1.35 bits per heavy atom.